The first kappa shape index (κ1) is 22.8. The van der Waals surface area contributed by atoms with Crippen LogP contribution in [0.2, 0.25) is 5.02 Å². The normalized spacial score (nSPS) is 12.2. The van der Waals surface area contributed by atoms with Gasteiger partial charge in [0.2, 0.25) is 5.91 Å². The maximum atomic E-state index is 13.4. The van der Waals surface area contributed by atoms with Crippen LogP contribution in [0.5, 0.6) is 0 Å². The van der Waals surface area contributed by atoms with E-state index in [1.165, 1.54) is 24.3 Å². The lowest BCUT2D eigenvalue weighted by atomic mass is 10.0. The van der Waals surface area contributed by atoms with Gasteiger partial charge >= 0.3 is 0 Å². The summed E-state index contributed by atoms with van der Waals surface area (Å²) in [6.45, 7) is 3.55. The lowest BCUT2D eigenvalue weighted by Gasteiger charge is -2.26. The van der Waals surface area contributed by atoms with Gasteiger partial charge in [-0.2, -0.15) is 0 Å². The molecule has 0 spiro atoms. The van der Waals surface area contributed by atoms with E-state index in [2.05, 4.69) is 5.32 Å². The highest BCUT2D eigenvalue weighted by Gasteiger charge is 2.28. The molecule has 3 aromatic carbocycles. The van der Waals surface area contributed by atoms with Gasteiger partial charge in [-0.3, -0.25) is 9.10 Å². The monoisotopic (exact) mass is 456 g/mol. The van der Waals surface area contributed by atoms with Gasteiger partial charge in [-0.05, 0) is 55.3 Å². The van der Waals surface area contributed by atoms with Crippen LogP contribution < -0.4 is 9.62 Å². The molecule has 162 valence electrons. The maximum absolute atomic E-state index is 13.4. The van der Waals surface area contributed by atoms with Crippen molar-refractivity contribution in [3.63, 3.8) is 0 Å². The van der Waals surface area contributed by atoms with E-state index in [1.807, 2.05) is 56.3 Å². The van der Waals surface area contributed by atoms with Gasteiger partial charge in [0.25, 0.3) is 10.0 Å². The summed E-state index contributed by atoms with van der Waals surface area (Å²) in [5, 5.41) is 3.40. The Kier molecular flexibility index (Phi) is 7.36. The minimum absolute atomic E-state index is 0.0698. The van der Waals surface area contributed by atoms with Crippen molar-refractivity contribution in [2.24, 2.45) is 0 Å². The quantitative estimate of drug-likeness (QED) is 0.512. The van der Waals surface area contributed by atoms with Crippen molar-refractivity contribution in [1.29, 1.82) is 0 Å². The second-order valence-electron chi connectivity index (χ2n) is 7.24. The summed E-state index contributed by atoms with van der Waals surface area (Å²) < 4.78 is 27.9. The zero-order valence-corrected chi connectivity index (χ0v) is 19.0. The first-order valence-electron chi connectivity index (χ1n) is 10.0. The minimum atomic E-state index is -3.97. The van der Waals surface area contributed by atoms with Crippen molar-refractivity contribution < 1.29 is 13.2 Å². The Morgan fingerprint density at radius 1 is 0.968 bits per heavy atom. The van der Waals surface area contributed by atoms with E-state index in [0.717, 1.165) is 15.4 Å². The summed E-state index contributed by atoms with van der Waals surface area (Å²) in [5.41, 5.74) is 2.39. The number of halogens is 1. The molecule has 7 heteroatoms. The van der Waals surface area contributed by atoms with Gasteiger partial charge in [-0.1, -0.05) is 66.6 Å². The van der Waals surface area contributed by atoms with Gasteiger partial charge in [0.1, 0.15) is 6.54 Å². The minimum Gasteiger partial charge on any atom is -0.348 e. The van der Waals surface area contributed by atoms with Crippen LogP contribution in [0.15, 0.2) is 83.8 Å². The van der Waals surface area contributed by atoms with Gasteiger partial charge in [-0.15, -0.1) is 0 Å². The van der Waals surface area contributed by atoms with E-state index in [0.29, 0.717) is 17.1 Å². The third kappa shape index (κ3) is 5.66. The second-order valence-corrected chi connectivity index (χ2v) is 9.54. The lowest BCUT2D eigenvalue weighted by molar-refractivity contribution is -0.120. The molecule has 0 radical (unpaired) electrons. The molecular weight excluding hydrogens is 432 g/mol. The Morgan fingerprint density at radius 3 is 2.16 bits per heavy atom. The zero-order chi connectivity index (χ0) is 22.4. The average molecular weight is 457 g/mol. The Labute approximate surface area is 188 Å². The first-order chi connectivity index (χ1) is 14.8. The molecule has 0 aliphatic heterocycles. The number of aryl methyl sites for hydroxylation is 1. The standard InChI is InChI=1S/C24H25ClN2O3S/c1-3-23(19-7-5-4-6-8-19)26-24(28)17-27(21-13-9-18(2)10-14-21)31(29,30)22-15-11-20(25)12-16-22/h4-16,23H,3,17H2,1-2H3,(H,26,28)/t23-/m1/s1. The average Bonchev–Trinajstić information content (AvgIpc) is 2.77. The number of sulfonamides is 1. The molecule has 0 unspecified atom stereocenters. The fourth-order valence-corrected chi connectivity index (χ4v) is 4.78. The van der Waals surface area contributed by atoms with Crippen LogP contribution in [0.4, 0.5) is 5.69 Å². The van der Waals surface area contributed by atoms with Crippen molar-refractivity contribution in [3.05, 3.63) is 95.0 Å². The fraction of sp³-hybridized carbons (Fsp3) is 0.208. The number of carbonyl (C=O) groups excluding carboxylic acids is 1. The highest BCUT2D eigenvalue weighted by atomic mass is 35.5. The molecule has 31 heavy (non-hydrogen) atoms. The third-order valence-electron chi connectivity index (χ3n) is 4.96. The van der Waals surface area contributed by atoms with E-state index in [-0.39, 0.29) is 23.4 Å². The summed E-state index contributed by atoms with van der Waals surface area (Å²) >= 11 is 5.92. The van der Waals surface area contributed by atoms with E-state index in [9.17, 15) is 13.2 Å². The molecule has 1 amide bonds. The highest BCUT2D eigenvalue weighted by Crippen LogP contribution is 2.25. The third-order valence-corrected chi connectivity index (χ3v) is 7.00. The molecule has 3 aromatic rings. The van der Waals surface area contributed by atoms with Crippen molar-refractivity contribution in [2.75, 3.05) is 10.8 Å². The smallest absolute Gasteiger partial charge is 0.264 e. The van der Waals surface area contributed by atoms with E-state index >= 15 is 0 Å². The molecule has 0 aliphatic carbocycles. The van der Waals surface area contributed by atoms with Crippen molar-refractivity contribution in [2.45, 2.75) is 31.2 Å². The highest BCUT2D eigenvalue weighted by molar-refractivity contribution is 7.92. The molecule has 0 heterocycles. The SMILES string of the molecule is CC[C@@H](NC(=O)CN(c1ccc(C)cc1)S(=O)(=O)c1ccc(Cl)cc1)c1ccccc1. The summed E-state index contributed by atoms with van der Waals surface area (Å²) in [6, 6.07) is 22.4. The lowest BCUT2D eigenvalue weighted by Crippen LogP contribution is -2.42. The molecule has 0 aromatic heterocycles. The Hall–Kier alpha value is -2.83. The summed E-state index contributed by atoms with van der Waals surface area (Å²) in [7, 11) is -3.97. The van der Waals surface area contributed by atoms with E-state index < -0.39 is 10.0 Å². The van der Waals surface area contributed by atoms with Crippen molar-refractivity contribution in [3.8, 4) is 0 Å². The fourth-order valence-electron chi connectivity index (χ4n) is 3.24. The number of hydrogen-bond donors (Lipinski definition) is 1. The van der Waals surface area contributed by atoms with Gasteiger partial charge in [0, 0.05) is 5.02 Å². The second kappa shape index (κ2) is 9.98. The van der Waals surface area contributed by atoms with Crippen LogP contribution in [-0.4, -0.2) is 20.9 Å². The zero-order valence-electron chi connectivity index (χ0n) is 17.5. The summed E-state index contributed by atoms with van der Waals surface area (Å²) in [6.07, 6.45) is 0.685. The number of benzene rings is 3. The van der Waals surface area contributed by atoms with Crippen molar-refractivity contribution in [1.82, 2.24) is 5.32 Å². The molecule has 0 aliphatic rings. The molecule has 0 fully saturated rings. The molecule has 0 bridgehead atoms. The molecule has 3 rings (SSSR count). The Bertz CT molecular complexity index is 1120. The maximum Gasteiger partial charge on any atom is 0.264 e. The van der Waals surface area contributed by atoms with Crippen LogP contribution in [-0.2, 0) is 14.8 Å². The molecule has 1 atom stereocenters. The molecule has 5 nitrogen and oxygen atoms in total. The number of nitrogens with one attached hydrogen (secondary N) is 1. The number of nitrogens with zero attached hydrogens (tertiary/aromatic N) is 1. The van der Waals surface area contributed by atoms with Crippen LogP contribution in [0.25, 0.3) is 0 Å². The molecular formula is C24H25ClN2O3S. The van der Waals surface area contributed by atoms with Crippen LogP contribution in [0, 0.1) is 6.92 Å². The van der Waals surface area contributed by atoms with Crippen molar-refractivity contribution >= 4 is 33.2 Å². The van der Waals surface area contributed by atoms with Gasteiger partial charge in [0.15, 0.2) is 0 Å². The molecule has 0 saturated heterocycles. The van der Waals surface area contributed by atoms with Gasteiger partial charge < -0.3 is 5.32 Å². The topological polar surface area (TPSA) is 66.5 Å². The predicted molar refractivity (Wildman–Crippen MR) is 125 cm³/mol. The number of amides is 1. The number of carbonyl (C=O) groups is 1. The Morgan fingerprint density at radius 2 is 1.58 bits per heavy atom. The van der Waals surface area contributed by atoms with E-state index in [4.69, 9.17) is 11.6 Å². The van der Waals surface area contributed by atoms with Crippen LogP contribution in [0.1, 0.15) is 30.5 Å². The molecule has 0 saturated carbocycles. The first-order valence-corrected chi connectivity index (χ1v) is 11.8. The molecule has 1 N–H and O–H groups in total. The Balaban J connectivity index is 1.90. The van der Waals surface area contributed by atoms with Gasteiger partial charge in [-0.25, -0.2) is 8.42 Å². The number of hydrogen-bond acceptors (Lipinski definition) is 3. The van der Waals surface area contributed by atoms with Crippen LogP contribution in [0.3, 0.4) is 0 Å². The predicted octanol–water partition coefficient (Wildman–Crippen LogP) is 5.11. The summed E-state index contributed by atoms with van der Waals surface area (Å²) in [4.78, 5) is 13.0. The largest absolute Gasteiger partial charge is 0.348 e. The van der Waals surface area contributed by atoms with Gasteiger partial charge in [0.05, 0.1) is 16.6 Å². The number of rotatable bonds is 8. The van der Waals surface area contributed by atoms with Crippen LogP contribution >= 0.6 is 11.6 Å². The number of anilines is 1. The van der Waals surface area contributed by atoms with E-state index in [1.54, 1.807) is 12.1 Å². The summed E-state index contributed by atoms with van der Waals surface area (Å²) in [5.74, 6) is -0.381.